The lowest BCUT2D eigenvalue weighted by Crippen LogP contribution is -2.57. The molecule has 0 aliphatic carbocycles. The van der Waals surface area contributed by atoms with Gasteiger partial charge in [0.15, 0.2) is 6.17 Å². The van der Waals surface area contributed by atoms with Crippen LogP contribution in [-0.2, 0) is 0 Å². The van der Waals surface area contributed by atoms with E-state index < -0.39 is 6.17 Å². The molecular formula is C4H13FN2+2. The highest BCUT2D eigenvalue weighted by atomic mass is 19.1. The minimum Gasteiger partial charge on any atom is -0.357 e. The van der Waals surface area contributed by atoms with Crippen molar-refractivity contribution >= 4 is 0 Å². The molecule has 0 bridgehead atoms. The second-order valence-electron chi connectivity index (χ2n) is 1.53. The summed E-state index contributed by atoms with van der Waals surface area (Å²) in [4.78, 5) is 0. The lowest BCUT2D eigenvalue weighted by Gasteiger charge is -1.94. The van der Waals surface area contributed by atoms with Gasteiger partial charge in [0, 0.05) is 6.42 Å². The third-order valence-electron chi connectivity index (χ3n) is 0.831. The van der Waals surface area contributed by atoms with Crippen molar-refractivity contribution in [2.24, 2.45) is 0 Å². The quantitative estimate of drug-likeness (QED) is 0.428. The molecule has 0 aromatic rings. The topological polar surface area (TPSA) is 55.3 Å². The van der Waals surface area contributed by atoms with Gasteiger partial charge in [0.1, 0.15) is 6.54 Å². The van der Waals surface area contributed by atoms with E-state index >= 15 is 0 Å². The molecule has 0 heterocycles. The number of hydrogen-bond donors (Lipinski definition) is 2. The molecule has 0 fully saturated rings. The first-order chi connectivity index (χ1) is 3.31. The molecule has 0 aromatic carbocycles. The van der Waals surface area contributed by atoms with Gasteiger partial charge in [-0.05, 0) is 0 Å². The van der Waals surface area contributed by atoms with Crippen molar-refractivity contribution < 1.29 is 15.9 Å². The van der Waals surface area contributed by atoms with E-state index in [4.69, 9.17) is 0 Å². The van der Waals surface area contributed by atoms with Gasteiger partial charge in [-0.25, -0.2) is 4.39 Å². The first-order valence-electron chi connectivity index (χ1n) is 2.53. The molecule has 0 saturated heterocycles. The molecule has 0 aliphatic heterocycles. The Kier molecular flexibility index (Phi) is 3.93. The molecule has 6 N–H and O–H groups in total. The molecule has 44 valence electrons. The van der Waals surface area contributed by atoms with Crippen molar-refractivity contribution in [3.63, 3.8) is 0 Å². The SMILES string of the molecule is [NH3+]CCC(F)C[NH3+]. The first kappa shape index (κ1) is 6.85. The number of quaternary nitrogens is 2. The van der Waals surface area contributed by atoms with Crippen molar-refractivity contribution in [1.82, 2.24) is 0 Å². The highest BCUT2D eigenvalue weighted by molar-refractivity contribution is 4.47. The van der Waals surface area contributed by atoms with Crippen LogP contribution in [-0.4, -0.2) is 19.3 Å². The van der Waals surface area contributed by atoms with Crippen LogP contribution in [0.15, 0.2) is 0 Å². The minimum atomic E-state index is -0.725. The summed E-state index contributed by atoms with van der Waals surface area (Å²) >= 11 is 0. The summed E-state index contributed by atoms with van der Waals surface area (Å²) in [5.74, 6) is 0. The van der Waals surface area contributed by atoms with Gasteiger partial charge in [-0.1, -0.05) is 0 Å². The van der Waals surface area contributed by atoms with Gasteiger partial charge in [0.2, 0.25) is 0 Å². The van der Waals surface area contributed by atoms with E-state index in [0.29, 0.717) is 19.5 Å². The third-order valence-corrected chi connectivity index (χ3v) is 0.831. The van der Waals surface area contributed by atoms with Crippen molar-refractivity contribution in [1.29, 1.82) is 0 Å². The van der Waals surface area contributed by atoms with Gasteiger partial charge < -0.3 is 11.5 Å². The number of hydrogen-bond acceptors (Lipinski definition) is 0. The van der Waals surface area contributed by atoms with E-state index in [1.54, 1.807) is 0 Å². The van der Waals surface area contributed by atoms with Crippen molar-refractivity contribution in [3.8, 4) is 0 Å². The number of rotatable bonds is 3. The molecule has 0 spiro atoms. The Balaban J connectivity index is 2.83. The normalized spacial score (nSPS) is 14.1. The summed E-state index contributed by atoms with van der Waals surface area (Å²) in [5.41, 5.74) is 6.91. The summed E-state index contributed by atoms with van der Waals surface area (Å²) < 4.78 is 12.0. The van der Waals surface area contributed by atoms with Crippen LogP contribution in [0.1, 0.15) is 6.42 Å². The molecule has 7 heavy (non-hydrogen) atoms. The van der Waals surface area contributed by atoms with Crippen LogP contribution in [0.4, 0.5) is 4.39 Å². The summed E-state index contributed by atoms with van der Waals surface area (Å²) in [7, 11) is 0. The second-order valence-corrected chi connectivity index (χ2v) is 1.53. The zero-order valence-electron chi connectivity index (χ0n) is 4.49. The summed E-state index contributed by atoms with van der Waals surface area (Å²) in [6, 6.07) is 0. The lowest BCUT2D eigenvalue weighted by molar-refractivity contribution is -0.394. The van der Waals surface area contributed by atoms with Gasteiger partial charge in [-0.15, -0.1) is 0 Å². The first-order valence-corrected chi connectivity index (χ1v) is 2.53. The van der Waals surface area contributed by atoms with E-state index in [9.17, 15) is 4.39 Å². The Labute approximate surface area is 42.7 Å². The largest absolute Gasteiger partial charge is 0.357 e. The summed E-state index contributed by atoms with van der Waals surface area (Å²) in [5, 5.41) is 0. The predicted molar refractivity (Wildman–Crippen MR) is 25.0 cm³/mol. The van der Waals surface area contributed by atoms with Crippen molar-refractivity contribution in [2.45, 2.75) is 12.6 Å². The zero-order valence-corrected chi connectivity index (χ0v) is 4.49. The molecule has 2 nitrogen and oxygen atoms in total. The standard InChI is InChI=1S/C4H11FN2/c5-4(3-7)1-2-6/h4H,1-3,6-7H2/p+2. The maximum absolute atomic E-state index is 12.0. The smallest absolute Gasteiger partial charge is 0.154 e. The van der Waals surface area contributed by atoms with Crippen molar-refractivity contribution in [3.05, 3.63) is 0 Å². The molecule has 0 aromatic heterocycles. The highest BCUT2D eigenvalue weighted by Crippen LogP contribution is 1.88. The molecule has 1 atom stereocenters. The minimum absolute atomic E-state index is 0.384. The van der Waals surface area contributed by atoms with E-state index in [0.717, 1.165) is 0 Å². The van der Waals surface area contributed by atoms with E-state index in [1.165, 1.54) is 0 Å². The number of halogens is 1. The molecule has 0 saturated carbocycles. The Hall–Kier alpha value is -0.150. The average molecular weight is 108 g/mol. The fourth-order valence-corrected chi connectivity index (χ4v) is 0.366. The maximum Gasteiger partial charge on any atom is 0.154 e. The van der Waals surface area contributed by atoms with Crippen LogP contribution >= 0.6 is 0 Å². The fraction of sp³-hybridized carbons (Fsp3) is 1.00. The molecule has 0 amide bonds. The Morgan fingerprint density at radius 2 is 2.00 bits per heavy atom. The Morgan fingerprint density at radius 3 is 2.14 bits per heavy atom. The van der Waals surface area contributed by atoms with Crippen molar-refractivity contribution in [2.75, 3.05) is 13.1 Å². The van der Waals surface area contributed by atoms with Crippen LogP contribution < -0.4 is 11.5 Å². The zero-order chi connectivity index (χ0) is 5.70. The lowest BCUT2D eigenvalue weighted by atomic mass is 10.3. The molecule has 3 heteroatoms. The van der Waals surface area contributed by atoms with Gasteiger partial charge in [0.25, 0.3) is 0 Å². The van der Waals surface area contributed by atoms with E-state index in [2.05, 4.69) is 11.5 Å². The second kappa shape index (κ2) is 4.02. The molecule has 0 radical (unpaired) electrons. The Bertz CT molecular complexity index is 40.7. The van der Waals surface area contributed by atoms with Gasteiger partial charge in [-0.3, -0.25) is 0 Å². The maximum atomic E-state index is 12.0. The molecule has 0 aliphatic rings. The summed E-state index contributed by atoms with van der Waals surface area (Å²) in [6.07, 6.45) is -0.166. The van der Waals surface area contributed by atoms with Crippen LogP contribution in [0.3, 0.4) is 0 Å². The van der Waals surface area contributed by atoms with E-state index in [-0.39, 0.29) is 0 Å². The Morgan fingerprint density at radius 1 is 1.43 bits per heavy atom. The monoisotopic (exact) mass is 108 g/mol. The number of alkyl halides is 1. The molecule has 0 rings (SSSR count). The predicted octanol–water partition coefficient (Wildman–Crippen LogP) is -1.80. The fourth-order valence-electron chi connectivity index (χ4n) is 0.366. The van der Waals surface area contributed by atoms with Crippen LogP contribution in [0, 0.1) is 0 Å². The highest BCUT2D eigenvalue weighted by Gasteiger charge is 2.02. The van der Waals surface area contributed by atoms with Crippen LogP contribution in [0.25, 0.3) is 0 Å². The van der Waals surface area contributed by atoms with Gasteiger partial charge in [-0.2, -0.15) is 0 Å². The molecular weight excluding hydrogens is 95.1 g/mol. The van der Waals surface area contributed by atoms with Gasteiger partial charge in [0.05, 0.1) is 6.54 Å². The molecule has 1 unspecified atom stereocenters. The summed E-state index contributed by atoms with van der Waals surface area (Å²) in [6.45, 7) is 1.06. The van der Waals surface area contributed by atoms with Crippen LogP contribution in [0.2, 0.25) is 0 Å². The van der Waals surface area contributed by atoms with Crippen LogP contribution in [0.5, 0.6) is 0 Å². The van der Waals surface area contributed by atoms with Gasteiger partial charge >= 0.3 is 0 Å². The average Bonchev–Trinajstić information content (AvgIpc) is 1.68. The third kappa shape index (κ3) is 3.69. The van der Waals surface area contributed by atoms with E-state index in [1.807, 2.05) is 0 Å².